The second kappa shape index (κ2) is 7.14. The molecule has 2 aromatic heterocycles. The molecule has 5 nitrogen and oxygen atoms in total. The lowest BCUT2D eigenvalue weighted by Gasteiger charge is -2.31. The second-order valence-electron chi connectivity index (χ2n) is 6.49. The lowest BCUT2D eigenvalue weighted by atomic mass is 9.95. The van der Waals surface area contributed by atoms with E-state index in [1.807, 2.05) is 24.3 Å². The number of rotatable bonds is 4. The molecule has 1 aliphatic heterocycles. The summed E-state index contributed by atoms with van der Waals surface area (Å²) in [5.41, 5.74) is 2.20. The SMILES string of the molecule is COc1ccc(Br)c(CN2CCC(c3nnc4ccccn34)CC2)c1. The molecule has 1 saturated heterocycles. The quantitative estimate of drug-likeness (QED) is 0.666. The Labute approximate surface area is 155 Å². The first kappa shape index (κ1) is 16.5. The number of nitrogens with zero attached hydrogens (tertiary/aromatic N) is 4. The first-order valence-corrected chi connectivity index (χ1v) is 9.38. The van der Waals surface area contributed by atoms with E-state index in [1.54, 1.807) is 7.11 Å². The maximum atomic E-state index is 5.35. The van der Waals surface area contributed by atoms with Crippen LogP contribution >= 0.6 is 15.9 Å². The van der Waals surface area contributed by atoms with Crippen molar-refractivity contribution in [3.05, 3.63) is 58.5 Å². The molecule has 0 unspecified atom stereocenters. The van der Waals surface area contributed by atoms with Gasteiger partial charge in [-0.25, -0.2) is 0 Å². The molecule has 3 aromatic rings. The van der Waals surface area contributed by atoms with Crippen molar-refractivity contribution in [2.75, 3.05) is 20.2 Å². The van der Waals surface area contributed by atoms with Gasteiger partial charge in [0.25, 0.3) is 0 Å². The van der Waals surface area contributed by atoms with Crippen LogP contribution in [0.3, 0.4) is 0 Å². The van der Waals surface area contributed by atoms with E-state index in [1.165, 1.54) is 5.56 Å². The number of methoxy groups -OCH3 is 1. The highest BCUT2D eigenvalue weighted by atomic mass is 79.9. The Hall–Kier alpha value is -1.92. The third-order valence-corrected chi connectivity index (χ3v) is 5.71. The fourth-order valence-electron chi connectivity index (χ4n) is 3.53. The highest BCUT2D eigenvalue weighted by Crippen LogP contribution is 2.29. The number of hydrogen-bond donors (Lipinski definition) is 0. The zero-order valence-electron chi connectivity index (χ0n) is 14.2. The van der Waals surface area contributed by atoms with E-state index in [9.17, 15) is 0 Å². The summed E-state index contributed by atoms with van der Waals surface area (Å²) in [6, 6.07) is 12.2. The molecule has 0 spiro atoms. The monoisotopic (exact) mass is 400 g/mol. The number of fused-ring (bicyclic) bond motifs is 1. The number of piperidine rings is 1. The summed E-state index contributed by atoms with van der Waals surface area (Å²) in [5.74, 6) is 2.48. The summed E-state index contributed by atoms with van der Waals surface area (Å²) >= 11 is 3.65. The molecule has 1 aliphatic rings. The lowest BCUT2D eigenvalue weighted by Crippen LogP contribution is -2.33. The van der Waals surface area contributed by atoms with Crippen molar-refractivity contribution < 1.29 is 4.74 Å². The molecule has 0 saturated carbocycles. The van der Waals surface area contributed by atoms with Gasteiger partial charge in [0, 0.05) is 23.1 Å². The van der Waals surface area contributed by atoms with Gasteiger partial charge in [-0.1, -0.05) is 22.0 Å². The number of aromatic nitrogens is 3. The van der Waals surface area contributed by atoms with Crippen LogP contribution in [0.25, 0.3) is 5.65 Å². The van der Waals surface area contributed by atoms with Crippen LogP contribution in [0.1, 0.15) is 30.1 Å². The molecule has 0 radical (unpaired) electrons. The third kappa shape index (κ3) is 3.41. The van der Waals surface area contributed by atoms with Crippen LogP contribution in [0.5, 0.6) is 5.75 Å². The Balaban J connectivity index is 1.43. The maximum Gasteiger partial charge on any atom is 0.160 e. The predicted octanol–water partition coefficient (Wildman–Crippen LogP) is 3.88. The van der Waals surface area contributed by atoms with Gasteiger partial charge in [-0.3, -0.25) is 9.30 Å². The summed E-state index contributed by atoms with van der Waals surface area (Å²) < 4.78 is 8.61. The standard InChI is InChI=1S/C19H21BrN4O/c1-25-16-5-6-17(20)15(12-16)13-23-10-7-14(8-11-23)19-22-21-18-4-2-3-9-24(18)19/h2-6,9,12,14H,7-8,10-11,13H2,1H3. The van der Waals surface area contributed by atoms with Crippen molar-refractivity contribution in [1.29, 1.82) is 0 Å². The van der Waals surface area contributed by atoms with Crippen LogP contribution in [-0.4, -0.2) is 39.7 Å². The lowest BCUT2D eigenvalue weighted by molar-refractivity contribution is 0.201. The number of halogens is 1. The Morgan fingerprint density at radius 2 is 2.00 bits per heavy atom. The first-order valence-electron chi connectivity index (χ1n) is 8.59. The van der Waals surface area contributed by atoms with Crippen molar-refractivity contribution in [1.82, 2.24) is 19.5 Å². The van der Waals surface area contributed by atoms with Crippen molar-refractivity contribution in [3.8, 4) is 5.75 Å². The molecule has 0 atom stereocenters. The summed E-state index contributed by atoms with van der Waals surface area (Å²) in [5, 5.41) is 8.73. The molecule has 0 bridgehead atoms. The number of hydrogen-bond acceptors (Lipinski definition) is 4. The normalized spacial score (nSPS) is 16.4. The molecule has 0 amide bonds. The topological polar surface area (TPSA) is 42.7 Å². The molecule has 1 fully saturated rings. The minimum atomic E-state index is 0.474. The minimum absolute atomic E-state index is 0.474. The molecular formula is C19H21BrN4O. The van der Waals surface area contributed by atoms with E-state index in [-0.39, 0.29) is 0 Å². The van der Waals surface area contributed by atoms with Gasteiger partial charge in [0.05, 0.1) is 7.11 Å². The van der Waals surface area contributed by atoms with Crippen molar-refractivity contribution in [2.45, 2.75) is 25.3 Å². The average molecular weight is 401 g/mol. The average Bonchev–Trinajstić information content (AvgIpc) is 3.08. The van der Waals surface area contributed by atoms with Gasteiger partial charge in [-0.2, -0.15) is 0 Å². The van der Waals surface area contributed by atoms with E-state index < -0.39 is 0 Å². The fourth-order valence-corrected chi connectivity index (χ4v) is 3.90. The molecular weight excluding hydrogens is 380 g/mol. The Bertz CT molecular complexity index is 871. The van der Waals surface area contributed by atoms with Gasteiger partial charge in [0.15, 0.2) is 5.65 Å². The van der Waals surface area contributed by atoms with Crippen molar-refractivity contribution >= 4 is 21.6 Å². The zero-order chi connectivity index (χ0) is 17.2. The smallest absolute Gasteiger partial charge is 0.160 e. The van der Waals surface area contributed by atoms with E-state index in [0.29, 0.717) is 5.92 Å². The highest BCUT2D eigenvalue weighted by molar-refractivity contribution is 9.10. The molecule has 6 heteroatoms. The van der Waals surface area contributed by atoms with E-state index in [2.05, 4.69) is 53.8 Å². The molecule has 4 rings (SSSR count). The molecule has 0 N–H and O–H groups in total. The molecule has 130 valence electrons. The van der Waals surface area contributed by atoms with E-state index in [4.69, 9.17) is 4.74 Å². The Morgan fingerprint density at radius 1 is 1.16 bits per heavy atom. The second-order valence-corrected chi connectivity index (χ2v) is 7.35. The number of ether oxygens (including phenoxy) is 1. The van der Waals surface area contributed by atoms with Crippen LogP contribution in [-0.2, 0) is 6.54 Å². The van der Waals surface area contributed by atoms with Crippen molar-refractivity contribution in [3.63, 3.8) is 0 Å². The van der Waals surface area contributed by atoms with Crippen LogP contribution in [0.4, 0.5) is 0 Å². The summed E-state index contributed by atoms with van der Waals surface area (Å²) in [7, 11) is 1.71. The highest BCUT2D eigenvalue weighted by Gasteiger charge is 2.24. The fraction of sp³-hybridized carbons (Fsp3) is 0.368. The van der Waals surface area contributed by atoms with E-state index in [0.717, 1.165) is 54.2 Å². The van der Waals surface area contributed by atoms with Crippen LogP contribution < -0.4 is 4.74 Å². The van der Waals surface area contributed by atoms with Gasteiger partial charge in [-0.05, 0) is 61.8 Å². The maximum absolute atomic E-state index is 5.35. The van der Waals surface area contributed by atoms with Crippen molar-refractivity contribution in [2.24, 2.45) is 0 Å². The Morgan fingerprint density at radius 3 is 2.80 bits per heavy atom. The summed E-state index contributed by atoms with van der Waals surface area (Å²) in [4.78, 5) is 2.50. The molecule has 1 aromatic carbocycles. The van der Waals surface area contributed by atoms with Crippen LogP contribution in [0.2, 0.25) is 0 Å². The van der Waals surface area contributed by atoms with Crippen LogP contribution in [0.15, 0.2) is 47.1 Å². The molecule has 0 aliphatic carbocycles. The summed E-state index contributed by atoms with van der Waals surface area (Å²) in [6.45, 7) is 3.07. The molecule has 25 heavy (non-hydrogen) atoms. The first-order chi connectivity index (χ1) is 12.2. The predicted molar refractivity (Wildman–Crippen MR) is 101 cm³/mol. The van der Waals surface area contributed by atoms with Crippen LogP contribution in [0, 0.1) is 0 Å². The van der Waals surface area contributed by atoms with Gasteiger partial charge in [0.2, 0.25) is 0 Å². The number of likely N-dealkylation sites (tertiary alicyclic amines) is 1. The number of pyridine rings is 1. The largest absolute Gasteiger partial charge is 0.497 e. The van der Waals surface area contributed by atoms with E-state index >= 15 is 0 Å². The summed E-state index contributed by atoms with van der Waals surface area (Å²) in [6.07, 6.45) is 4.28. The van der Waals surface area contributed by atoms with Gasteiger partial charge in [-0.15, -0.1) is 10.2 Å². The molecule has 3 heterocycles. The number of benzene rings is 1. The third-order valence-electron chi connectivity index (χ3n) is 4.94. The van der Waals surface area contributed by atoms with Gasteiger partial charge < -0.3 is 4.74 Å². The Kier molecular flexibility index (Phi) is 4.72. The minimum Gasteiger partial charge on any atom is -0.497 e. The van der Waals surface area contributed by atoms with Gasteiger partial charge >= 0.3 is 0 Å². The van der Waals surface area contributed by atoms with Gasteiger partial charge in [0.1, 0.15) is 11.6 Å². The zero-order valence-corrected chi connectivity index (χ0v) is 15.8.